The Kier molecular flexibility index (Phi) is 5.46. The number of methoxy groups -OCH3 is 1. The maximum Gasteiger partial charge on any atom is 0.241 e. The molecule has 24 heavy (non-hydrogen) atoms. The van der Waals surface area contributed by atoms with Crippen molar-refractivity contribution in [3.8, 4) is 17.2 Å². The first-order valence-electron chi connectivity index (χ1n) is 7.78. The molecule has 0 aliphatic heterocycles. The number of carbonyl (C=O) groups excluding carboxylic acids is 1. The number of hydrogen-bond acceptors (Lipinski definition) is 4. The fourth-order valence-corrected chi connectivity index (χ4v) is 2.05. The van der Waals surface area contributed by atoms with Crippen molar-refractivity contribution >= 4 is 11.6 Å². The van der Waals surface area contributed by atoms with E-state index >= 15 is 0 Å². The highest BCUT2D eigenvalue weighted by Crippen LogP contribution is 2.31. The zero-order valence-corrected chi connectivity index (χ0v) is 14.5. The first kappa shape index (κ1) is 17.8. The number of benzene rings is 2. The Labute approximate surface area is 142 Å². The molecule has 0 bridgehead atoms. The number of hydrogen-bond donors (Lipinski definition) is 2. The molecule has 5 nitrogen and oxygen atoms in total. The summed E-state index contributed by atoms with van der Waals surface area (Å²) >= 11 is 0. The van der Waals surface area contributed by atoms with Gasteiger partial charge in [-0.05, 0) is 41.8 Å². The minimum atomic E-state index is -0.581. The third-order valence-electron chi connectivity index (χ3n) is 3.63. The fraction of sp³-hybridized carbons (Fsp3) is 0.316. The van der Waals surface area contributed by atoms with E-state index < -0.39 is 6.04 Å². The number of ether oxygens (including phenoxy) is 2. The van der Waals surface area contributed by atoms with Crippen LogP contribution in [0.15, 0.2) is 48.5 Å². The van der Waals surface area contributed by atoms with E-state index in [4.69, 9.17) is 15.2 Å². The van der Waals surface area contributed by atoms with E-state index in [2.05, 4.69) is 5.32 Å². The van der Waals surface area contributed by atoms with Crippen molar-refractivity contribution < 1.29 is 14.3 Å². The van der Waals surface area contributed by atoms with Crippen molar-refractivity contribution in [1.82, 2.24) is 0 Å². The molecule has 0 aromatic heterocycles. The van der Waals surface area contributed by atoms with E-state index in [9.17, 15) is 4.79 Å². The Hall–Kier alpha value is -2.53. The monoisotopic (exact) mass is 328 g/mol. The number of amides is 1. The lowest BCUT2D eigenvalue weighted by Gasteiger charge is -2.25. The second-order valence-electron chi connectivity index (χ2n) is 6.61. The maximum atomic E-state index is 12.1. The molecule has 0 fully saturated rings. The molecule has 0 unspecified atom stereocenters. The predicted molar refractivity (Wildman–Crippen MR) is 95.6 cm³/mol. The summed E-state index contributed by atoms with van der Waals surface area (Å²) in [6.07, 6.45) is 0. The van der Waals surface area contributed by atoms with Gasteiger partial charge in [0, 0.05) is 5.69 Å². The summed E-state index contributed by atoms with van der Waals surface area (Å²) in [6, 6.07) is 13.9. The Morgan fingerprint density at radius 2 is 1.62 bits per heavy atom. The van der Waals surface area contributed by atoms with Crippen molar-refractivity contribution in [2.45, 2.75) is 26.8 Å². The van der Waals surface area contributed by atoms with E-state index in [1.807, 2.05) is 45.0 Å². The summed E-state index contributed by atoms with van der Waals surface area (Å²) in [5.74, 6) is 1.73. The summed E-state index contributed by atoms with van der Waals surface area (Å²) in [6.45, 7) is 5.80. The number of carbonyl (C=O) groups is 1. The summed E-state index contributed by atoms with van der Waals surface area (Å²) in [5, 5.41) is 2.82. The molecule has 3 N–H and O–H groups in total. The van der Waals surface area contributed by atoms with E-state index in [0.717, 1.165) is 0 Å². The van der Waals surface area contributed by atoms with Gasteiger partial charge in [-0.1, -0.05) is 32.9 Å². The molecule has 0 aliphatic carbocycles. The highest BCUT2D eigenvalue weighted by Gasteiger charge is 2.27. The predicted octanol–water partition coefficient (Wildman–Crippen LogP) is 3.80. The fourth-order valence-electron chi connectivity index (χ4n) is 2.05. The van der Waals surface area contributed by atoms with Crippen LogP contribution in [0.5, 0.6) is 17.2 Å². The molecule has 1 amide bonds. The van der Waals surface area contributed by atoms with Gasteiger partial charge in [-0.25, -0.2) is 0 Å². The van der Waals surface area contributed by atoms with Crippen LogP contribution in [0.2, 0.25) is 0 Å². The van der Waals surface area contributed by atoms with Gasteiger partial charge in [0.05, 0.1) is 13.2 Å². The van der Waals surface area contributed by atoms with Gasteiger partial charge < -0.3 is 20.5 Å². The van der Waals surface area contributed by atoms with E-state index in [1.54, 1.807) is 31.4 Å². The highest BCUT2D eigenvalue weighted by atomic mass is 16.5. The maximum absolute atomic E-state index is 12.1. The van der Waals surface area contributed by atoms with Gasteiger partial charge in [-0.3, -0.25) is 4.79 Å². The van der Waals surface area contributed by atoms with Gasteiger partial charge in [0.15, 0.2) is 11.5 Å². The van der Waals surface area contributed by atoms with Crippen molar-refractivity contribution in [2.24, 2.45) is 11.1 Å². The van der Waals surface area contributed by atoms with Crippen LogP contribution in [0.1, 0.15) is 20.8 Å². The van der Waals surface area contributed by atoms with Crippen LogP contribution in [0.3, 0.4) is 0 Å². The van der Waals surface area contributed by atoms with Gasteiger partial charge >= 0.3 is 0 Å². The Morgan fingerprint density at radius 3 is 2.17 bits per heavy atom. The second kappa shape index (κ2) is 7.36. The van der Waals surface area contributed by atoms with Gasteiger partial charge in [0.2, 0.25) is 5.91 Å². The normalized spacial score (nSPS) is 12.4. The third kappa shape index (κ3) is 4.49. The Balaban J connectivity index is 2.04. The molecule has 0 saturated carbocycles. The standard InChI is InChI=1S/C19H24N2O3/c1-19(2,3)17(20)18(22)21-13-9-11-14(12-10-13)24-16-8-6-5-7-15(16)23-4/h5-12,17H,20H2,1-4H3,(H,21,22)/t17-/m1/s1. The van der Waals surface area contributed by atoms with Crippen LogP contribution in [-0.4, -0.2) is 19.1 Å². The lowest BCUT2D eigenvalue weighted by Crippen LogP contribution is -2.45. The number of nitrogens with one attached hydrogen (secondary N) is 1. The van der Waals surface area contributed by atoms with Crippen molar-refractivity contribution in [3.05, 3.63) is 48.5 Å². The number of nitrogens with two attached hydrogens (primary N) is 1. The summed E-state index contributed by atoms with van der Waals surface area (Å²) in [4.78, 5) is 12.1. The van der Waals surface area contributed by atoms with E-state index in [0.29, 0.717) is 22.9 Å². The van der Waals surface area contributed by atoms with Crippen LogP contribution < -0.4 is 20.5 Å². The van der Waals surface area contributed by atoms with Gasteiger partial charge in [-0.15, -0.1) is 0 Å². The molecule has 2 rings (SSSR count). The molecule has 0 aliphatic rings. The van der Waals surface area contributed by atoms with E-state index in [1.165, 1.54) is 0 Å². The van der Waals surface area contributed by atoms with Crippen molar-refractivity contribution in [1.29, 1.82) is 0 Å². The zero-order chi connectivity index (χ0) is 17.7. The van der Waals surface area contributed by atoms with Crippen LogP contribution in [0, 0.1) is 5.41 Å². The lowest BCUT2D eigenvalue weighted by molar-refractivity contribution is -0.119. The average molecular weight is 328 g/mol. The topological polar surface area (TPSA) is 73.6 Å². The molecule has 0 saturated heterocycles. The molecule has 1 atom stereocenters. The first-order valence-corrected chi connectivity index (χ1v) is 7.78. The quantitative estimate of drug-likeness (QED) is 0.875. The SMILES string of the molecule is COc1ccccc1Oc1ccc(NC(=O)[C@@H](N)C(C)(C)C)cc1. The number of anilines is 1. The molecule has 5 heteroatoms. The summed E-state index contributed by atoms with van der Waals surface area (Å²) < 4.78 is 11.1. The molecule has 128 valence electrons. The van der Waals surface area contributed by atoms with Gasteiger partial charge in [0.25, 0.3) is 0 Å². The highest BCUT2D eigenvalue weighted by molar-refractivity contribution is 5.95. The van der Waals surface area contributed by atoms with Crippen molar-refractivity contribution in [3.63, 3.8) is 0 Å². The molecular formula is C19H24N2O3. The molecule has 0 spiro atoms. The Bertz CT molecular complexity index is 691. The van der Waals surface area contributed by atoms with Gasteiger partial charge in [0.1, 0.15) is 5.75 Å². The summed E-state index contributed by atoms with van der Waals surface area (Å²) in [7, 11) is 1.60. The minimum absolute atomic E-state index is 0.208. The molecule has 2 aromatic carbocycles. The molecule has 0 radical (unpaired) electrons. The van der Waals surface area contributed by atoms with E-state index in [-0.39, 0.29) is 11.3 Å². The summed E-state index contributed by atoms with van der Waals surface area (Å²) in [5.41, 5.74) is 6.33. The lowest BCUT2D eigenvalue weighted by atomic mass is 9.87. The second-order valence-corrected chi connectivity index (χ2v) is 6.61. The zero-order valence-electron chi connectivity index (χ0n) is 14.5. The van der Waals surface area contributed by atoms with Crippen LogP contribution in [0.4, 0.5) is 5.69 Å². The van der Waals surface area contributed by atoms with Crippen LogP contribution in [-0.2, 0) is 4.79 Å². The first-order chi connectivity index (χ1) is 11.3. The minimum Gasteiger partial charge on any atom is -0.493 e. The third-order valence-corrected chi connectivity index (χ3v) is 3.63. The Morgan fingerprint density at radius 1 is 1.04 bits per heavy atom. The number of para-hydroxylation sites is 2. The van der Waals surface area contributed by atoms with Gasteiger partial charge in [-0.2, -0.15) is 0 Å². The number of rotatable bonds is 5. The van der Waals surface area contributed by atoms with Crippen LogP contribution >= 0.6 is 0 Å². The largest absolute Gasteiger partial charge is 0.493 e. The molecule has 2 aromatic rings. The van der Waals surface area contributed by atoms with Crippen molar-refractivity contribution in [2.75, 3.05) is 12.4 Å². The molecular weight excluding hydrogens is 304 g/mol. The smallest absolute Gasteiger partial charge is 0.241 e. The van der Waals surface area contributed by atoms with Crippen LogP contribution in [0.25, 0.3) is 0 Å². The molecule has 0 heterocycles. The average Bonchev–Trinajstić information content (AvgIpc) is 2.55.